The van der Waals surface area contributed by atoms with Crippen molar-refractivity contribution in [3.8, 4) is 72.4 Å². The largest absolute Gasteiger partial charge is 0.310 e. The van der Waals surface area contributed by atoms with Gasteiger partial charge in [0, 0.05) is 33.5 Å². The van der Waals surface area contributed by atoms with Crippen LogP contribution in [-0.4, -0.2) is 4.57 Å². The molecule has 0 atom stereocenters. The van der Waals surface area contributed by atoms with Crippen LogP contribution in [0.3, 0.4) is 0 Å². The topological polar surface area (TPSA) is 8.17 Å². The van der Waals surface area contributed by atoms with Crippen LogP contribution >= 0.6 is 0 Å². The van der Waals surface area contributed by atoms with Crippen molar-refractivity contribution in [2.24, 2.45) is 0 Å². The first-order valence-electron chi connectivity index (χ1n) is 26.0. The van der Waals surface area contributed by atoms with Gasteiger partial charge >= 0.3 is 0 Å². The van der Waals surface area contributed by atoms with Gasteiger partial charge in [0.25, 0.3) is 0 Å². The predicted molar refractivity (Wildman–Crippen MR) is 314 cm³/mol. The van der Waals surface area contributed by atoms with Crippen molar-refractivity contribution in [2.45, 2.75) is 5.41 Å². The summed E-state index contributed by atoms with van der Waals surface area (Å²) < 4.78 is 2.41. The molecular formula is C73H48N2. The lowest BCUT2D eigenvalue weighted by molar-refractivity contribution is 0.793. The number of benzene rings is 12. The van der Waals surface area contributed by atoms with E-state index in [0.29, 0.717) is 0 Å². The first-order chi connectivity index (χ1) is 37.2. The summed E-state index contributed by atoms with van der Waals surface area (Å²) in [4.78, 5) is 2.49. The minimum atomic E-state index is -0.485. The molecule has 2 nitrogen and oxygen atoms in total. The third-order valence-electron chi connectivity index (χ3n) is 16.0. The quantitative estimate of drug-likeness (QED) is 0.147. The van der Waals surface area contributed by atoms with Gasteiger partial charge in [-0.25, -0.2) is 0 Å². The fourth-order valence-corrected chi connectivity index (χ4v) is 12.8. The molecule has 0 aliphatic heterocycles. The summed E-state index contributed by atoms with van der Waals surface area (Å²) in [6, 6.07) is 108. The van der Waals surface area contributed by atoms with Crippen LogP contribution in [-0.2, 0) is 5.41 Å². The maximum Gasteiger partial charge on any atom is 0.0726 e. The normalized spacial score (nSPS) is 12.6. The van der Waals surface area contributed by atoms with E-state index in [1.54, 1.807) is 0 Å². The van der Waals surface area contributed by atoms with Crippen molar-refractivity contribution >= 4 is 38.9 Å². The Morgan fingerprint density at radius 2 is 0.693 bits per heavy atom. The second-order valence-corrected chi connectivity index (χ2v) is 20.0. The second kappa shape index (κ2) is 17.2. The Balaban J connectivity index is 0.961. The van der Waals surface area contributed by atoms with E-state index in [1.165, 1.54) is 94.1 Å². The van der Waals surface area contributed by atoms with Crippen molar-refractivity contribution < 1.29 is 0 Å². The van der Waals surface area contributed by atoms with Crippen LogP contribution in [0.4, 0.5) is 17.1 Å². The number of fused-ring (bicyclic) bond motifs is 13. The highest BCUT2D eigenvalue weighted by Gasteiger charge is 2.51. The molecule has 0 bridgehead atoms. The molecule has 15 rings (SSSR count). The molecule has 0 saturated carbocycles. The Kier molecular flexibility index (Phi) is 9.83. The fraction of sp³-hybridized carbons (Fsp3) is 0.0137. The average Bonchev–Trinajstić information content (AvgIpc) is 4.13. The molecule has 75 heavy (non-hydrogen) atoms. The number of hydrogen-bond donors (Lipinski definition) is 0. The van der Waals surface area contributed by atoms with Crippen molar-refractivity contribution in [3.05, 3.63) is 313 Å². The third kappa shape index (κ3) is 6.66. The third-order valence-corrected chi connectivity index (χ3v) is 16.0. The number of nitrogens with zero attached hydrogens (tertiary/aromatic N) is 2. The predicted octanol–water partition coefficient (Wildman–Crippen LogP) is 19.3. The van der Waals surface area contributed by atoms with Gasteiger partial charge in [-0.05, 0) is 156 Å². The minimum absolute atomic E-state index is 0.485. The first-order valence-corrected chi connectivity index (χ1v) is 26.0. The van der Waals surface area contributed by atoms with Crippen molar-refractivity contribution in [1.29, 1.82) is 0 Å². The molecule has 0 fully saturated rings. The zero-order valence-electron chi connectivity index (χ0n) is 41.1. The molecule has 0 radical (unpaired) electrons. The van der Waals surface area contributed by atoms with Gasteiger partial charge in [0.15, 0.2) is 0 Å². The molecule has 0 saturated heterocycles. The van der Waals surface area contributed by atoms with Crippen LogP contribution in [0.1, 0.15) is 22.3 Å². The molecule has 1 spiro atoms. The molecule has 0 N–H and O–H groups in total. The van der Waals surface area contributed by atoms with Crippen LogP contribution in [0.25, 0.3) is 94.3 Å². The lowest BCUT2D eigenvalue weighted by Crippen LogP contribution is -2.26. The molecular weight excluding hydrogens is 905 g/mol. The number of para-hydroxylation sites is 2. The number of aromatic nitrogens is 1. The van der Waals surface area contributed by atoms with Gasteiger partial charge in [-0.3, -0.25) is 0 Å². The Bertz CT molecular complexity index is 4280. The molecule has 12 aromatic carbocycles. The van der Waals surface area contributed by atoms with Crippen LogP contribution < -0.4 is 4.90 Å². The zero-order valence-corrected chi connectivity index (χ0v) is 41.1. The van der Waals surface area contributed by atoms with E-state index in [9.17, 15) is 0 Å². The maximum atomic E-state index is 2.50. The minimum Gasteiger partial charge on any atom is -0.310 e. The van der Waals surface area contributed by atoms with E-state index >= 15 is 0 Å². The van der Waals surface area contributed by atoms with Gasteiger partial charge in [-0.1, -0.05) is 224 Å². The molecule has 0 unspecified atom stereocenters. The summed E-state index contributed by atoms with van der Waals surface area (Å²) in [6.45, 7) is 0. The summed E-state index contributed by atoms with van der Waals surface area (Å²) in [6.07, 6.45) is 0. The van der Waals surface area contributed by atoms with Gasteiger partial charge in [0.1, 0.15) is 0 Å². The lowest BCUT2D eigenvalue weighted by atomic mass is 9.70. The van der Waals surface area contributed by atoms with E-state index in [4.69, 9.17) is 0 Å². The Labute approximate surface area is 437 Å². The number of rotatable bonds is 8. The molecule has 2 aliphatic rings. The summed E-state index contributed by atoms with van der Waals surface area (Å²) in [7, 11) is 0. The maximum absolute atomic E-state index is 2.50. The lowest BCUT2D eigenvalue weighted by Gasteiger charge is -2.32. The molecule has 2 heteroatoms. The van der Waals surface area contributed by atoms with Crippen molar-refractivity contribution in [3.63, 3.8) is 0 Å². The number of hydrogen-bond acceptors (Lipinski definition) is 1. The van der Waals surface area contributed by atoms with Crippen molar-refractivity contribution in [2.75, 3.05) is 4.90 Å². The Morgan fingerprint density at radius 3 is 1.33 bits per heavy atom. The molecule has 350 valence electrons. The summed E-state index contributed by atoms with van der Waals surface area (Å²) in [5.74, 6) is 0. The van der Waals surface area contributed by atoms with Gasteiger partial charge in [0.05, 0.1) is 16.4 Å². The highest BCUT2D eigenvalue weighted by molar-refractivity contribution is 6.10. The Morgan fingerprint density at radius 1 is 0.240 bits per heavy atom. The van der Waals surface area contributed by atoms with Crippen LogP contribution in [0, 0.1) is 0 Å². The standard InChI is InChI=1S/C73H48N2/c1-4-20-49(21-5-1)51-36-39-56(40-37-51)74(57-41-43-64-63-30-14-18-34-69(63)73(70(64)48-57)67-32-16-12-28-61(67)62-29-13-17-33-68(62)73)58-45-53(50-22-6-2-7-23-50)44-54(46-58)60-27-11-10-26-59(60)52-38-42-66-65-31-15-19-35-71(65)75(72(66)47-52)55-24-8-3-9-25-55/h1-48H. The van der Waals surface area contributed by atoms with Crippen LogP contribution in [0.15, 0.2) is 291 Å². The van der Waals surface area contributed by atoms with E-state index in [0.717, 1.165) is 39.4 Å². The van der Waals surface area contributed by atoms with Crippen LogP contribution in [0.5, 0.6) is 0 Å². The monoisotopic (exact) mass is 952 g/mol. The second-order valence-electron chi connectivity index (χ2n) is 20.0. The molecule has 2 aliphatic carbocycles. The van der Waals surface area contributed by atoms with E-state index in [-0.39, 0.29) is 0 Å². The smallest absolute Gasteiger partial charge is 0.0726 e. The Hall–Kier alpha value is -9.76. The average molecular weight is 953 g/mol. The zero-order chi connectivity index (χ0) is 49.5. The van der Waals surface area contributed by atoms with E-state index < -0.39 is 5.41 Å². The molecule has 1 aromatic heterocycles. The SMILES string of the molecule is c1ccc(-c2ccc(N(c3cc(-c4ccccc4)cc(-c4ccccc4-c4ccc5c6ccccc6n(-c6ccccc6)c5c4)c3)c3ccc4c(c3)C3(c5ccccc5-c5ccccc53)c3ccccc3-4)cc2)cc1. The fourth-order valence-electron chi connectivity index (χ4n) is 12.8. The van der Waals surface area contributed by atoms with Gasteiger partial charge in [-0.15, -0.1) is 0 Å². The summed E-state index contributed by atoms with van der Waals surface area (Å²) in [5, 5.41) is 2.48. The van der Waals surface area contributed by atoms with Gasteiger partial charge in [0.2, 0.25) is 0 Å². The van der Waals surface area contributed by atoms with Gasteiger partial charge < -0.3 is 9.47 Å². The van der Waals surface area contributed by atoms with Crippen LogP contribution in [0.2, 0.25) is 0 Å². The molecule has 13 aromatic rings. The summed E-state index contributed by atoms with van der Waals surface area (Å²) >= 11 is 0. The molecule has 1 heterocycles. The highest BCUT2D eigenvalue weighted by atomic mass is 15.1. The summed E-state index contributed by atoms with van der Waals surface area (Å²) in [5.41, 5.74) is 26.1. The number of anilines is 3. The van der Waals surface area contributed by atoms with Gasteiger partial charge in [-0.2, -0.15) is 0 Å². The van der Waals surface area contributed by atoms with Crippen molar-refractivity contribution in [1.82, 2.24) is 4.57 Å². The van der Waals surface area contributed by atoms with E-state index in [2.05, 4.69) is 301 Å². The molecule has 0 amide bonds. The van der Waals surface area contributed by atoms with E-state index in [1.807, 2.05) is 0 Å². The highest BCUT2D eigenvalue weighted by Crippen LogP contribution is 2.63. The first kappa shape index (κ1) is 42.9.